The molecule has 7 rings (SSSR count). The van der Waals surface area contributed by atoms with Crippen molar-refractivity contribution in [2.45, 2.75) is 43.9 Å². The molecule has 0 amide bonds. The maximum Gasteiger partial charge on any atom is 0.264 e. The van der Waals surface area contributed by atoms with Crippen LogP contribution in [0.5, 0.6) is 5.75 Å². The van der Waals surface area contributed by atoms with E-state index < -0.39 is 10.0 Å². The molecular formula is C33H25NO3S3. The van der Waals surface area contributed by atoms with E-state index in [-0.39, 0.29) is 16.7 Å². The van der Waals surface area contributed by atoms with E-state index in [0.29, 0.717) is 12.1 Å². The molecule has 40 heavy (non-hydrogen) atoms. The lowest BCUT2D eigenvalue weighted by molar-refractivity contribution is 0.474. The summed E-state index contributed by atoms with van der Waals surface area (Å²) in [6.07, 6.45) is 0.620. The largest absolute Gasteiger partial charge is 0.508 e. The average Bonchev–Trinajstić information content (AvgIpc) is 2.99. The van der Waals surface area contributed by atoms with Gasteiger partial charge in [0.25, 0.3) is 10.0 Å². The second kappa shape index (κ2) is 9.77. The van der Waals surface area contributed by atoms with Crippen molar-refractivity contribution in [2.24, 2.45) is 0 Å². The second-order valence-corrected chi connectivity index (χ2v) is 13.8. The summed E-state index contributed by atoms with van der Waals surface area (Å²) < 4.78 is 29.9. The first kappa shape index (κ1) is 25.3. The van der Waals surface area contributed by atoms with Crippen LogP contribution in [-0.4, -0.2) is 13.5 Å². The molecule has 0 bridgehead atoms. The molecule has 4 nitrogen and oxygen atoms in total. The van der Waals surface area contributed by atoms with Gasteiger partial charge in [-0.2, -0.15) is 0 Å². The molecule has 1 unspecified atom stereocenters. The Hall–Kier alpha value is -3.65. The molecule has 0 saturated carbocycles. The molecule has 2 aliphatic heterocycles. The van der Waals surface area contributed by atoms with Crippen LogP contribution in [0.1, 0.15) is 24.9 Å². The van der Waals surface area contributed by atoms with Gasteiger partial charge in [-0.05, 0) is 83.3 Å². The smallest absolute Gasteiger partial charge is 0.264 e. The van der Waals surface area contributed by atoms with E-state index in [1.807, 2.05) is 37.3 Å². The molecule has 5 aromatic rings. The zero-order chi connectivity index (χ0) is 27.4. The highest BCUT2D eigenvalue weighted by atomic mass is 32.2. The Kier molecular flexibility index (Phi) is 6.18. The van der Waals surface area contributed by atoms with Crippen molar-refractivity contribution in [3.63, 3.8) is 0 Å². The normalized spacial score (nSPS) is 15.5. The van der Waals surface area contributed by atoms with Crippen molar-refractivity contribution in [2.75, 3.05) is 4.31 Å². The highest BCUT2D eigenvalue weighted by molar-refractivity contribution is 8.05. The van der Waals surface area contributed by atoms with Crippen LogP contribution in [0.2, 0.25) is 0 Å². The third kappa shape index (κ3) is 4.03. The van der Waals surface area contributed by atoms with Gasteiger partial charge in [-0.15, -0.1) is 0 Å². The van der Waals surface area contributed by atoms with Crippen LogP contribution in [0, 0.1) is 0 Å². The Balaban J connectivity index is 1.41. The van der Waals surface area contributed by atoms with E-state index >= 15 is 0 Å². The summed E-state index contributed by atoms with van der Waals surface area (Å²) in [7, 11) is -3.91. The molecule has 7 heteroatoms. The summed E-state index contributed by atoms with van der Waals surface area (Å²) in [4.78, 5) is 5.10. The molecule has 2 heterocycles. The van der Waals surface area contributed by atoms with E-state index in [9.17, 15) is 13.5 Å². The molecule has 0 aliphatic carbocycles. The lowest BCUT2D eigenvalue weighted by Gasteiger charge is -2.39. The summed E-state index contributed by atoms with van der Waals surface area (Å²) in [6.45, 7) is 2.02. The number of phenolic OH excluding ortho intramolecular Hbond substituents is 1. The van der Waals surface area contributed by atoms with Crippen molar-refractivity contribution in [3.05, 3.63) is 115 Å². The first-order valence-electron chi connectivity index (χ1n) is 13.1. The van der Waals surface area contributed by atoms with Gasteiger partial charge < -0.3 is 5.11 Å². The van der Waals surface area contributed by atoms with Gasteiger partial charge >= 0.3 is 0 Å². The minimum absolute atomic E-state index is 0.0323. The number of fused-ring (bicyclic) bond motifs is 5. The lowest BCUT2D eigenvalue weighted by atomic mass is 9.87. The van der Waals surface area contributed by atoms with Crippen molar-refractivity contribution in [1.29, 1.82) is 0 Å². The molecule has 0 radical (unpaired) electrons. The van der Waals surface area contributed by atoms with E-state index in [2.05, 4.69) is 54.6 Å². The summed E-state index contributed by atoms with van der Waals surface area (Å²) in [5.74, 6) is 0.0323. The Labute approximate surface area is 242 Å². The van der Waals surface area contributed by atoms with Crippen LogP contribution < -0.4 is 4.31 Å². The van der Waals surface area contributed by atoms with Crippen LogP contribution in [0.4, 0.5) is 5.69 Å². The van der Waals surface area contributed by atoms with Crippen molar-refractivity contribution < 1.29 is 13.5 Å². The molecule has 0 spiro atoms. The number of benzene rings is 5. The Morgan fingerprint density at radius 2 is 1.40 bits per heavy atom. The highest BCUT2D eigenvalue weighted by Crippen LogP contribution is 2.53. The minimum atomic E-state index is -3.91. The predicted octanol–water partition coefficient (Wildman–Crippen LogP) is 9.00. The third-order valence-electron chi connectivity index (χ3n) is 7.48. The molecular weight excluding hydrogens is 555 g/mol. The number of hydrogen-bond acceptors (Lipinski definition) is 5. The fourth-order valence-electron chi connectivity index (χ4n) is 5.63. The van der Waals surface area contributed by atoms with Crippen LogP contribution in [0.25, 0.3) is 22.3 Å². The van der Waals surface area contributed by atoms with Crippen LogP contribution in [0.3, 0.4) is 0 Å². The van der Waals surface area contributed by atoms with Crippen LogP contribution in [-0.2, 0) is 10.0 Å². The molecule has 0 fully saturated rings. The average molecular weight is 580 g/mol. The minimum Gasteiger partial charge on any atom is -0.508 e. The van der Waals surface area contributed by atoms with E-state index in [0.717, 1.165) is 27.8 Å². The van der Waals surface area contributed by atoms with Gasteiger partial charge in [0.1, 0.15) is 5.75 Å². The predicted molar refractivity (Wildman–Crippen MR) is 163 cm³/mol. The van der Waals surface area contributed by atoms with Gasteiger partial charge in [0.2, 0.25) is 0 Å². The quantitative estimate of drug-likeness (QED) is 0.226. The second-order valence-electron chi connectivity index (χ2n) is 9.82. The maximum absolute atomic E-state index is 14.1. The fourth-order valence-corrected chi connectivity index (χ4v) is 9.75. The van der Waals surface area contributed by atoms with Gasteiger partial charge in [-0.1, -0.05) is 85.0 Å². The first-order chi connectivity index (χ1) is 19.5. The first-order valence-corrected chi connectivity index (χ1v) is 16.2. The van der Waals surface area contributed by atoms with E-state index in [1.165, 1.54) is 43.8 Å². The summed E-state index contributed by atoms with van der Waals surface area (Å²) >= 11 is 3.57. The van der Waals surface area contributed by atoms with Crippen molar-refractivity contribution in [3.8, 4) is 28.0 Å². The number of phenols is 1. The fraction of sp³-hybridized carbons (Fsp3) is 0.0909. The zero-order valence-corrected chi connectivity index (χ0v) is 24.1. The maximum atomic E-state index is 14.1. The Bertz CT molecular complexity index is 1880. The Morgan fingerprint density at radius 3 is 2.17 bits per heavy atom. The van der Waals surface area contributed by atoms with Gasteiger partial charge in [0.15, 0.2) is 0 Å². The zero-order valence-electron chi connectivity index (χ0n) is 21.6. The number of hydrogen-bond donors (Lipinski definition) is 1. The number of aromatic hydroxyl groups is 1. The van der Waals surface area contributed by atoms with Gasteiger partial charge in [-0.25, -0.2) is 8.42 Å². The topological polar surface area (TPSA) is 57.6 Å². The van der Waals surface area contributed by atoms with Crippen molar-refractivity contribution in [1.82, 2.24) is 0 Å². The standard InChI is InChI=1S/C33H25NO3S3/c1-2-28-26-9-4-3-8-25(26)27-20-21(14-19-29(27)34(28)40(36,37)23-17-15-22(35)16-18-23)24-10-7-13-32-33(24)39-31-12-6-5-11-30(31)38-32/h3-20,28,35H,2H2,1H3. The summed E-state index contributed by atoms with van der Waals surface area (Å²) in [5.41, 5.74) is 5.79. The Morgan fingerprint density at radius 1 is 0.725 bits per heavy atom. The van der Waals surface area contributed by atoms with Crippen LogP contribution in [0.15, 0.2) is 134 Å². The van der Waals surface area contributed by atoms with Gasteiger partial charge in [0.05, 0.1) is 16.6 Å². The highest BCUT2D eigenvalue weighted by Gasteiger charge is 2.38. The van der Waals surface area contributed by atoms with E-state index in [4.69, 9.17) is 0 Å². The molecule has 0 saturated heterocycles. The molecule has 5 aromatic carbocycles. The van der Waals surface area contributed by atoms with Gasteiger partial charge in [0, 0.05) is 25.1 Å². The molecule has 198 valence electrons. The number of nitrogens with zero attached hydrogens (tertiary/aromatic N) is 1. The van der Waals surface area contributed by atoms with Gasteiger partial charge in [-0.3, -0.25) is 4.31 Å². The molecule has 1 N–H and O–H groups in total. The number of rotatable bonds is 4. The summed E-state index contributed by atoms with van der Waals surface area (Å²) in [5, 5.41) is 9.78. The van der Waals surface area contributed by atoms with Crippen molar-refractivity contribution >= 4 is 39.2 Å². The third-order valence-corrected chi connectivity index (χ3v) is 11.9. The molecule has 0 aromatic heterocycles. The number of sulfonamides is 1. The van der Waals surface area contributed by atoms with E-state index in [1.54, 1.807) is 27.8 Å². The van der Waals surface area contributed by atoms with Crippen LogP contribution >= 0.6 is 23.5 Å². The SMILES string of the molecule is CCC1c2ccccc2-c2cc(-c3cccc4c3Sc3ccccc3S4)ccc2N1S(=O)(=O)c1ccc(O)cc1. The molecule has 2 aliphatic rings. The lowest BCUT2D eigenvalue weighted by Crippen LogP contribution is -2.37. The monoisotopic (exact) mass is 579 g/mol. The number of anilines is 1. The molecule has 1 atom stereocenters. The summed E-state index contributed by atoms with van der Waals surface area (Å²) in [6, 6.07) is 34.5.